The van der Waals surface area contributed by atoms with Crippen molar-refractivity contribution in [3.8, 4) is 5.75 Å². The zero-order chi connectivity index (χ0) is 23.4. The summed E-state index contributed by atoms with van der Waals surface area (Å²) in [6.45, 7) is 6.53. The van der Waals surface area contributed by atoms with Crippen molar-refractivity contribution in [1.29, 1.82) is 0 Å². The van der Waals surface area contributed by atoms with Crippen molar-refractivity contribution < 1.29 is 14.3 Å². The first kappa shape index (κ1) is 22.7. The summed E-state index contributed by atoms with van der Waals surface area (Å²) in [7, 11) is 0. The Morgan fingerprint density at radius 2 is 1.85 bits per heavy atom. The molecule has 0 amide bonds. The number of rotatable bonds is 7. The Bertz CT molecular complexity index is 1350. The molecule has 0 fully saturated rings. The molecule has 6 nitrogen and oxygen atoms in total. The van der Waals surface area contributed by atoms with Gasteiger partial charge in [0.15, 0.2) is 4.80 Å². The molecule has 33 heavy (non-hydrogen) atoms. The molecule has 4 rings (SSSR count). The van der Waals surface area contributed by atoms with E-state index in [1.165, 1.54) is 11.3 Å². The molecule has 0 saturated heterocycles. The first-order valence-corrected chi connectivity index (χ1v) is 11.8. The van der Waals surface area contributed by atoms with Gasteiger partial charge in [-0.3, -0.25) is 9.36 Å². The number of hydrogen-bond donors (Lipinski definition) is 0. The highest BCUT2D eigenvalue weighted by Gasteiger charge is 2.33. The lowest BCUT2D eigenvalue weighted by atomic mass is 9.96. The summed E-state index contributed by atoms with van der Waals surface area (Å²) in [5.74, 6) is 0.346. The van der Waals surface area contributed by atoms with E-state index < -0.39 is 12.0 Å². The molecule has 1 aromatic heterocycles. The lowest BCUT2D eigenvalue weighted by Crippen LogP contribution is -2.39. The molecule has 0 radical (unpaired) electrons. The van der Waals surface area contributed by atoms with Gasteiger partial charge in [0.2, 0.25) is 0 Å². The van der Waals surface area contributed by atoms with Crippen LogP contribution in [0.2, 0.25) is 0 Å². The predicted octanol–water partition coefficient (Wildman–Crippen LogP) is 3.59. The monoisotopic (exact) mass is 462 g/mol. The van der Waals surface area contributed by atoms with Gasteiger partial charge in [0.05, 0.1) is 35.1 Å². The molecule has 1 aliphatic heterocycles. The van der Waals surface area contributed by atoms with E-state index in [2.05, 4.69) is 11.9 Å². The van der Waals surface area contributed by atoms with Crippen LogP contribution in [0.5, 0.6) is 5.75 Å². The van der Waals surface area contributed by atoms with Crippen LogP contribution < -0.4 is 19.6 Å². The molecule has 3 aromatic rings. The third-order valence-corrected chi connectivity index (χ3v) is 6.27. The van der Waals surface area contributed by atoms with Crippen LogP contribution in [-0.4, -0.2) is 23.8 Å². The molecule has 1 atom stereocenters. The number of fused-ring (bicyclic) bond motifs is 1. The lowest BCUT2D eigenvalue weighted by Gasteiger charge is -2.24. The summed E-state index contributed by atoms with van der Waals surface area (Å²) < 4.78 is 13.1. The van der Waals surface area contributed by atoms with Crippen molar-refractivity contribution in [1.82, 2.24) is 4.57 Å². The van der Waals surface area contributed by atoms with Crippen LogP contribution in [0.4, 0.5) is 0 Å². The van der Waals surface area contributed by atoms with Gasteiger partial charge in [0.25, 0.3) is 5.56 Å². The molecule has 0 bridgehead atoms. The van der Waals surface area contributed by atoms with Crippen LogP contribution >= 0.6 is 11.3 Å². The average Bonchev–Trinajstić information content (AvgIpc) is 3.12. The van der Waals surface area contributed by atoms with E-state index in [0.29, 0.717) is 27.2 Å². The quantitative estimate of drug-likeness (QED) is 0.503. The molecular formula is C26H26N2O4S. The van der Waals surface area contributed by atoms with Crippen LogP contribution in [0.3, 0.4) is 0 Å². The van der Waals surface area contributed by atoms with Crippen LogP contribution in [0, 0.1) is 0 Å². The van der Waals surface area contributed by atoms with Crippen LogP contribution in [0.1, 0.15) is 44.4 Å². The van der Waals surface area contributed by atoms with Gasteiger partial charge in [0.1, 0.15) is 5.75 Å². The summed E-state index contributed by atoms with van der Waals surface area (Å²) >= 11 is 1.31. The van der Waals surface area contributed by atoms with Gasteiger partial charge in [-0.15, -0.1) is 0 Å². The topological polar surface area (TPSA) is 69.9 Å². The van der Waals surface area contributed by atoms with E-state index in [4.69, 9.17) is 9.47 Å². The third kappa shape index (κ3) is 4.68. The van der Waals surface area contributed by atoms with Crippen molar-refractivity contribution in [2.45, 2.75) is 33.2 Å². The van der Waals surface area contributed by atoms with Crippen LogP contribution in [0.15, 0.2) is 75.7 Å². The van der Waals surface area contributed by atoms with Gasteiger partial charge in [-0.1, -0.05) is 60.7 Å². The Labute approximate surface area is 196 Å². The molecular weight excluding hydrogens is 436 g/mol. The number of carbonyl (C=O) groups is 1. The van der Waals surface area contributed by atoms with E-state index in [-0.39, 0.29) is 12.2 Å². The Morgan fingerprint density at radius 1 is 1.12 bits per heavy atom. The number of nitrogens with zero attached hydrogens (tertiary/aromatic N) is 2. The van der Waals surface area contributed by atoms with Crippen molar-refractivity contribution in [3.63, 3.8) is 0 Å². The van der Waals surface area contributed by atoms with E-state index in [1.54, 1.807) is 18.4 Å². The van der Waals surface area contributed by atoms with Crippen molar-refractivity contribution in [2.75, 3.05) is 13.2 Å². The molecule has 7 heteroatoms. The minimum absolute atomic E-state index is 0.187. The zero-order valence-electron chi connectivity index (χ0n) is 18.9. The molecule has 1 aliphatic rings. The second kappa shape index (κ2) is 10.0. The summed E-state index contributed by atoms with van der Waals surface area (Å²) in [5.41, 5.74) is 2.49. The minimum atomic E-state index is -0.589. The molecule has 0 spiro atoms. The lowest BCUT2D eigenvalue weighted by molar-refractivity contribution is -0.139. The van der Waals surface area contributed by atoms with Gasteiger partial charge in [-0.2, -0.15) is 0 Å². The third-order valence-electron chi connectivity index (χ3n) is 5.28. The smallest absolute Gasteiger partial charge is 0.338 e. The van der Waals surface area contributed by atoms with Crippen molar-refractivity contribution in [2.24, 2.45) is 4.99 Å². The average molecular weight is 463 g/mol. The SMILES string of the molecule is CCCOc1ccc(/C=c2/sc3n(c2=O)[C@@H](c2ccccc2)C(C(=O)OCC)=C(C)N=3)cc1. The summed E-state index contributed by atoms with van der Waals surface area (Å²) in [4.78, 5) is 31.5. The Hall–Kier alpha value is -3.45. The standard InChI is InChI=1S/C26H26N2O4S/c1-4-15-32-20-13-11-18(12-14-20)16-21-24(29)28-23(19-9-7-6-8-10-19)22(25(30)31-5-2)17(3)27-26(28)33-21/h6-14,16,23H,4-5,15H2,1-3H3/b21-16+/t23-/m0/s1. The summed E-state index contributed by atoms with van der Waals surface area (Å²) in [6.07, 6.45) is 2.79. The van der Waals surface area contributed by atoms with Gasteiger partial charge < -0.3 is 9.47 Å². The van der Waals surface area contributed by atoms with Crippen molar-refractivity contribution >= 4 is 23.4 Å². The molecule has 0 aliphatic carbocycles. The Kier molecular flexibility index (Phi) is 6.89. The fourth-order valence-electron chi connectivity index (χ4n) is 3.77. The van der Waals surface area contributed by atoms with Crippen LogP contribution in [-0.2, 0) is 9.53 Å². The highest BCUT2D eigenvalue weighted by Crippen LogP contribution is 2.30. The highest BCUT2D eigenvalue weighted by molar-refractivity contribution is 7.07. The minimum Gasteiger partial charge on any atom is -0.494 e. The largest absolute Gasteiger partial charge is 0.494 e. The molecule has 0 saturated carbocycles. The number of ether oxygens (including phenoxy) is 2. The number of allylic oxidation sites excluding steroid dienone is 1. The Morgan fingerprint density at radius 3 is 2.52 bits per heavy atom. The van der Waals surface area contributed by atoms with Gasteiger partial charge in [0, 0.05) is 0 Å². The number of thiazole rings is 1. The summed E-state index contributed by atoms with van der Waals surface area (Å²) in [6, 6.07) is 16.6. The maximum absolute atomic E-state index is 13.5. The fraction of sp³-hybridized carbons (Fsp3) is 0.269. The Balaban J connectivity index is 1.83. The molecule has 0 N–H and O–H groups in total. The van der Waals surface area contributed by atoms with E-state index in [9.17, 15) is 9.59 Å². The van der Waals surface area contributed by atoms with Gasteiger partial charge >= 0.3 is 5.97 Å². The van der Waals surface area contributed by atoms with E-state index >= 15 is 0 Å². The van der Waals surface area contributed by atoms with E-state index in [0.717, 1.165) is 23.3 Å². The maximum atomic E-state index is 13.5. The van der Waals surface area contributed by atoms with Gasteiger partial charge in [-0.25, -0.2) is 9.79 Å². The molecule has 170 valence electrons. The van der Waals surface area contributed by atoms with Crippen LogP contribution in [0.25, 0.3) is 6.08 Å². The second-order valence-corrected chi connectivity index (χ2v) is 8.64. The normalized spacial score (nSPS) is 15.7. The first-order chi connectivity index (χ1) is 16.0. The highest BCUT2D eigenvalue weighted by atomic mass is 32.1. The maximum Gasteiger partial charge on any atom is 0.338 e. The number of esters is 1. The number of benzene rings is 2. The fourth-order valence-corrected chi connectivity index (χ4v) is 4.82. The molecule has 0 unspecified atom stereocenters. The second-order valence-electron chi connectivity index (χ2n) is 7.63. The van der Waals surface area contributed by atoms with E-state index in [1.807, 2.05) is 60.7 Å². The number of hydrogen-bond acceptors (Lipinski definition) is 6. The molecule has 2 heterocycles. The predicted molar refractivity (Wildman–Crippen MR) is 129 cm³/mol. The van der Waals surface area contributed by atoms with Gasteiger partial charge in [-0.05, 0) is 49.6 Å². The number of aromatic nitrogens is 1. The zero-order valence-corrected chi connectivity index (χ0v) is 19.7. The first-order valence-electron chi connectivity index (χ1n) is 11.0. The molecule has 2 aromatic carbocycles. The summed E-state index contributed by atoms with van der Waals surface area (Å²) in [5, 5.41) is 0. The number of carbonyl (C=O) groups excluding carboxylic acids is 1. The van der Waals surface area contributed by atoms with Crippen molar-refractivity contribution in [3.05, 3.63) is 96.7 Å².